The summed E-state index contributed by atoms with van der Waals surface area (Å²) in [4.78, 5) is 0. The zero-order valence-corrected chi connectivity index (χ0v) is 31.9. The number of para-hydroxylation sites is 2. The Kier molecular flexibility index (Phi) is 8.31. The van der Waals surface area contributed by atoms with E-state index >= 15 is 0 Å². The molecule has 54 heavy (non-hydrogen) atoms. The predicted molar refractivity (Wildman–Crippen MR) is 226 cm³/mol. The van der Waals surface area contributed by atoms with Crippen molar-refractivity contribution in [1.82, 2.24) is 4.57 Å². The fourth-order valence-corrected chi connectivity index (χ4v) is 8.39. The molecule has 264 valence electrons. The topological polar surface area (TPSA) is 21.9 Å². The molecule has 9 aromatic rings. The maximum atomic E-state index is 7.18. The fraction of sp³-hybridized carbons (Fsp3) is 0.157. The second-order valence-electron chi connectivity index (χ2n) is 15.2. The molecule has 0 aliphatic rings. The van der Waals surface area contributed by atoms with Crippen LogP contribution in [0.2, 0.25) is 0 Å². The van der Waals surface area contributed by atoms with Crippen LogP contribution in [-0.4, -0.2) is 4.57 Å². The maximum Gasteiger partial charge on any atom is 0.299 e. The molecule has 0 atom stereocenters. The first kappa shape index (κ1) is 33.6. The fourth-order valence-electron chi connectivity index (χ4n) is 8.39. The van der Waals surface area contributed by atoms with Gasteiger partial charge in [0.25, 0.3) is 5.82 Å². The van der Waals surface area contributed by atoms with Crippen molar-refractivity contribution in [2.24, 2.45) is 7.05 Å². The summed E-state index contributed by atoms with van der Waals surface area (Å²) in [6.07, 6.45) is 0. The van der Waals surface area contributed by atoms with Crippen LogP contribution in [0.5, 0.6) is 0 Å². The molecule has 0 N–H and O–H groups in total. The number of imidazole rings is 1. The molecule has 0 aliphatic heterocycles. The Labute approximate surface area is 317 Å². The SMILES string of the molecule is Cc1ccc2c(oc3c(-c4ccc(-c5ccccc5)cc4)cccc32)c1-c1n(-c2c(C(C)C)cccc2C(C)C)c2cc(-c3ccccc3)ccc2[n+]1C. The molecular formula is C51H45N2O+. The molecule has 0 spiro atoms. The number of hydrogen-bond donors (Lipinski definition) is 0. The molecule has 0 radical (unpaired) electrons. The lowest BCUT2D eigenvalue weighted by Crippen LogP contribution is -2.30. The quantitative estimate of drug-likeness (QED) is 0.152. The third-order valence-electron chi connectivity index (χ3n) is 11.2. The van der Waals surface area contributed by atoms with Crippen LogP contribution in [0.4, 0.5) is 0 Å². The lowest BCUT2D eigenvalue weighted by molar-refractivity contribution is -0.633. The second kappa shape index (κ2) is 13.3. The average molecular weight is 702 g/mol. The summed E-state index contributed by atoms with van der Waals surface area (Å²) in [5.74, 6) is 1.76. The van der Waals surface area contributed by atoms with E-state index in [2.05, 4.69) is 202 Å². The summed E-state index contributed by atoms with van der Waals surface area (Å²) in [5, 5.41) is 2.24. The third kappa shape index (κ3) is 5.46. The van der Waals surface area contributed by atoms with E-state index in [1.54, 1.807) is 0 Å². The molecule has 0 saturated heterocycles. The van der Waals surface area contributed by atoms with Crippen LogP contribution in [-0.2, 0) is 7.05 Å². The molecule has 2 aromatic heterocycles. The number of aromatic nitrogens is 2. The summed E-state index contributed by atoms with van der Waals surface area (Å²) in [6, 6.07) is 54.9. The van der Waals surface area contributed by atoms with E-state index in [-0.39, 0.29) is 0 Å². The van der Waals surface area contributed by atoms with E-state index in [1.807, 2.05) is 0 Å². The van der Waals surface area contributed by atoms with E-state index in [0.717, 1.165) is 44.5 Å². The van der Waals surface area contributed by atoms with Gasteiger partial charge in [0.2, 0.25) is 0 Å². The lowest BCUT2D eigenvalue weighted by atomic mass is 9.92. The first-order valence-electron chi connectivity index (χ1n) is 19.1. The van der Waals surface area contributed by atoms with E-state index in [9.17, 15) is 0 Å². The predicted octanol–water partition coefficient (Wildman–Crippen LogP) is 13.6. The van der Waals surface area contributed by atoms with Gasteiger partial charge >= 0.3 is 0 Å². The van der Waals surface area contributed by atoms with Crippen LogP contribution in [0, 0.1) is 6.92 Å². The van der Waals surface area contributed by atoms with Gasteiger partial charge in [0, 0.05) is 27.5 Å². The van der Waals surface area contributed by atoms with Crippen molar-refractivity contribution in [3.63, 3.8) is 0 Å². The van der Waals surface area contributed by atoms with E-state index in [0.29, 0.717) is 11.8 Å². The molecular weight excluding hydrogens is 657 g/mol. The van der Waals surface area contributed by atoms with Gasteiger partial charge in [-0.15, -0.1) is 0 Å². The Morgan fingerprint density at radius 1 is 0.519 bits per heavy atom. The van der Waals surface area contributed by atoms with Crippen LogP contribution in [0.3, 0.4) is 0 Å². The molecule has 0 unspecified atom stereocenters. The van der Waals surface area contributed by atoms with Gasteiger partial charge in [0.15, 0.2) is 16.6 Å². The number of nitrogens with zero attached hydrogens (tertiary/aromatic N) is 2. The second-order valence-corrected chi connectivity index (χ2v) is 15.2. The van der Waals surface area contributed by atoms with Crippen molar-refractivity contribution >= 4 is 33.0 Å². The monoisotopic (exact) mass is 701 g/mol. The van der Waals surface area contributed by atoms with Crippen LogP contribution >= 0.6 is 0 Å². The van der Waals surface area contributed by atoms with Crippen molar-refractivity contribution in [3.05, 3.63) is 168 Å². The van der Waals surface area contributed by atoms with Gasteiger partial charge in [0.1, 0.15) is 16.8 Å². The van der Waals surface area contributed by atoms with Crippen molar-refractivity contribution in [3.8, 4) is 50.5 Å². The molecule has 3 nitrogen and oxygen atoms in total. The molecule has 0 fully saturated rings. The van der Waals surface area contributed by atoms with Crippen LogP contribution in [0.1, 0.15) is 56.2 Å². The summed E-state index contributed by atoms with van der Waals surface area (Å²) in [7, 11) is 2.21. The zero-order chi connectivity index (χ0) is 37.1. The molecule has 7 aromatic carbocycles. The maximum absolute atomic E-state index is 7.18. The van der Waals surface area contributed by atoms with Crippen molar-refractivity contribution in [2.75, 3.05) is 0 Å². The smallest absolute Gasteiger partial charge is 0.299 e. The van der Waals surface area contributed by atoms with Crippen LogP contribution in [0.25, 0.3) is 83.4 Å². The van der Waals surface area contributed by atoms with Gasteiger partial charge in [-0.2, -0.15) is 4.57 Å². The van der Waals surface area contributed by atoms with Gasteiger partial charge in [-0.05, 0) is 70.3 Å². The number of fused-ring (bicyclic) bond motifs is 4. The normalized spacial score (nSPS) is 11.9. The molecule has 9 rings (SSSR count). The van der Waals surface area contributed by atoms with Crippen molar-refractivity contribution in [2.45, 2.75) is 46.5 Å². The van der Waals surface area contributed by atoms with Crippen LogP contribution in [0.15, 0.2) is 156 Å². The molecule has 0 saturated carbocycles. The zero-order valence-electron chi connectivity index (χ0n) is 31.9. The number of benzene rings is 7. The molecule has 0 amide bonds. The Hall–Kier alpha value is -6.19. The number of furan rings is 1. The van der Waals surface area contributed by atoms with Crippen LogP contribution < -0.4 is 4.57 Å². The van der Waals surface area contributed by atoms with Gasteiger partial charge in [-0.3, -0.25) is 0 Å². The summed E-state index contributed by atoms with van der Waals surface area (Å²) in [5.41, 5.74) is 17.4. The molecule has 3 heteroatoms. The number of aryl methyl sites for hydroxylation is 2. The lowest BCUT2D eigenvalue weighted by Gasteiger charge is -2.18. The van der Waals surface area contributed by atoms with Gasteiger partial charge in [-0.1, -0.05) is 161 Å². The highest BCUT2D eigenvalue weighted by molar-refractivity contribution is 6.13. The molecule has 0 bridgehead atoms. The number of rotatable bonds is 7. The van der Waals surface area contributed by atoms with Crippen molar-refractivity contribution in [1.29, 1.82) is 0 Å². The van der Waals surface area contributed by atoms with Crippen molar-refractivity contribution < 1.29 is 8.98 Å². The molecule has 2 heterocycles. The first-order chi connectivity index (χ1) is 26.3. The van der Waals surface area contributed by atoms with E-state index in [1.165, 1.54) is 55.7 Å². The highest BCUT2D eigenvalue weighted by Gasteiger charge is 2.34. The van der Waals surface area contributed by atoms with E-state index < -0.39 is 0 Å². The van der Waals surface area contributed by atoms with E-state index in [4.69, 9.17) is 4.42 Å². The minimum Gasteiger partial charge on any atom is -0.454 e. The Bertz CT molecular complexity index is 2790. The largest absolute Gasteiger partial charge is 0.454 e. The number of hydrogen-bond acceptors (Lipinski definition) is 1. The Morgan fingerprint density at radius 2 is 1.07 bits per heavy atom. The average Bonchev–Trinajstić information content (AvgIpc) is 3.72. The summed E-state index contributed by atoms with van der Waals surface area (Å²) < 4.78 is 12.1. The highest BCUT2D eigenvalue weighted by atomic mass is 16.3. The Morgan fingerprint density at radius 3 is 1.72 bits per heavy atom. The van der Waals surface area contributed by atoms with Gasteiger partial charge in [-0.25, -0.2) is 4.57 Å². The summed E-state index contributed by atoms with van der Waals surface area (Å²) >= 11 is 0. The summed E-state index contributed by atoms with van der Waals surface area (Å²) in [6.45, 7) is 11.5. The highest BCUT2D eigenvalue weighted by Crippen LogP contribution is 2.44. The van der Waals surface area contributed by atoms with Gasteiger partial charge in [0.05, 0.1) is 7.05 Å². The third-order valence-corrected chi connectivity index (χ3v) is 11.2. The molecule has 0 aliphatic carbocycles. The Balaban J connectivity index is 1.34. The first-order valence-corrected chi connectivity index (χ1v) is 19.1. The minimum absolute atomic E-state index is 0.325. The standard InChI is InChI=1S/C51H45N2O/c1-32(2)40-19-13-20-41(33(3)4)48(40)53-46-31-39(36-17-11-8-12-18-36)28-30-45(46)52(6)51(53)47-34(5)23-29-44-43-22-14-21-42(49(43)54-50(44)47)38-26-24-37(25-27-38)35-15-9-7-10-16-35/h7-33H,1-6H3/q+1. The van der Waals surface area contributed by atoms with Gasteiger partial charge < -0.3 is 4.42 Å². The minimum atomic E-state index is 0.325.